The van der Waals surface area contributed by atoms with Crippen LogP contribution in [0.15, 0.2) is 48.5 Å². The Hall–Kier alpha value is -2.62. The van der Waals surface area contributed by atoms with Crippen LogP contribution in [-0.2, 0) is 6.54 Å². The first-order chi connectivity index (χ1) is 10.2. The van der Waals surface area contributed by atoms with Gasteiger partial charge in [0.15, 0.2) is 0 Å². The number of aromatic nitrogens is 2. The van der Waals surface area contributed by atoms with Crippen molar-refractivity contribution < 1.29 is 4.79 Å². The van der Waals surface area contributed by atoms with Gasteiger partial charge in [0, 0.05) is 17.6 Å². The zero-order chi connectivity index (χ0) is 14.8. The number of rotatable bonds is 3. The number of nitrogens with one attached hydrogen (secondary N) is 1. The maximum atomic E-state index is 12.5. The van der Waals surface area contributed by atoms with Crippen molar-refractivity contribution in [3.63, 3.8) is 0 Å². The van der Waals surface area contributed by atoms with Crippen LogP contribution in [-0.4, -0.2) is 15.7 Å². The average Bonchev–Trinajstić information content (AvgIpc) is 2.89. The Balaban J connectivity index is 1.96. The molecule has 0 saturated heterocycles. The Morgan fingerprint density at radius 1 is 1.19 bits per heavy atom. The Bertz CT molecular complexity index is 799. The second kappa shape index (κ2) is 5.40. The normalized spacial score (nSPS) is 10.8. The number of amides is 1. The van der Waals surface area contributed by atoms with E-state index in [-0.39, 0.29) is 5.91 Å². The molecule has 106 valence electrons. The first-order valence-corrected chi connectivity index (χ1v) is 7.02. The molecule has 0 aliphatic heterocycles. The number of fused-ring (bicyclic) bond motifs is 1. The van der Waals surface area contributed by atoms with Gasteiger partial charge in [-0.2, -0.15) is 5.10 Å². The van der Waals surface area contributed by atoms with Crippen LogP contribution in [0.1, 0.15) is 23.1 Å². The summed E-state index contributed by atoms with van der Waals surface area (Å²) in [6.07, 6.45) is 0. The maximum Gasteiger partial charge on any atom is 0.273 e. The van der Waals surface area contributed by atoms with Crippen molar-refractivity contribution in [1.29, 1.82) is 0 Å². The van der Waals surface area contributed by atoms with E-state index in [0.717, 1.165) is 22.2 Å². The molecule has 0 bridgehead atoms. The molecule has 3 aromatic rings. The van der Waals surface area contributed by atoms with E-state index in [9.17, 15) is 4.79 Å². The average molecular weight is 279 g/mol. The topological polar surface area (TPSA) is 46.9 Å². The summed E-state index contributed by atoms with van der Waals surface area (Å²) >= 11 is 0. The van der Waals surface area contributed by atoms with Crippen LogP contribution >= 0.6 is 0 Å². The highest BCUT2D eigenvalue weighted by atomic mass is 16.2. The Labute approximate surface area is 123 Å². The smallest absolute Gasteiger partial charge is 0.273 e. The van der Waals surface area contributed by atoms with Crippen LogP contribution in [0.3, 0.4) is 0 Å². The van der Waals surface area contributed by atoms with Gasteiger partial charge in [0.05, 0.1) is 5.69 Å². The molecule has 1 amide bonds. The number of hydrogen-bond donors (Lipinski definition) is 1. The molecule has 2 aromatic carbocycles. The minimum absolute atomic E-state index is 0.131. The van der Waals surface area contributed by atoms with Crippen LogP contribution in [0.4, 0.5) is 5.69 Å². The summed E-state index contributed by atoms with van der Waals surface area (Å²) < 4.78 is 1.72. The molecule has 0 atom stereocenters. The molecule has 1 aromatic heterocycles. The van der Waals surface area contributed by atoms with Crippen LogP contribution < -0.4 is 5.32 Å². The van der Waals surface area contributed by atoms with Crippen molar-refractivity contribution in [2.24, 2.45) is 0 Å². The fraction of sp³-hybridized carbons (Fsp3) is 0.176. The number of anilines is 1. The lowest BCUT2D eigenvalue weighted by atomic mass is 10.1. The highest BCUT2D eigenvalue weighted by Gasteiger charge is 2.14. The van der Waals surface area contributed by atoms with Gasteiger partial charge in [-0.15, -0.1) is 0 Å². The van der Waals surface area contributed by atoms with Gasteiger partial charge in [-0.05, 0) is 31.4 Å². The third-order valence-electron chi connectivity index (χ3n) is 3.47. The van der Waals surface area contributed by atoms with E-state index in [4.69, 9.17) is 0 Å². The molecule has 0 aliphatic carbocycles. The fourth-order valence-electron chi connectivity index (χ4n) is 2.49. The minimum atomic E-state index is -0.131. The van der Waals surface area contributed by atoms with Gasteiger partial charge >= 0.3 is 0 Å². The lowest BCUT2D eigenvalue weighted by Gasteiger charge is -2.09. The molecular weight excluding hydrogens is 262 g/mol. The highest BCUT2D eigenvalue weighted by Crippen LogP contribution is 2.23. The van der Waals surface area contributed by atoms with Gasteiger partial charge in [0.25, 0.3) is 5.91 Å². The summed E-state index contributed by atoms with van der Waals surface area (Å²) in [7, 11) is 0. The van der Waals surface area contributed by atoms with Crippen molar-refractivity contribution in [2.75, 3.05) is 5.32 Å². The van der Waals surface area contributed by atoms with E-state index < -0.39 is 0 Å². The van der Waals surface area contributed by atoms with E-state index in [1.54, 1.807) is 4.68 Å². The number of carbonyl (C=O) groups excluding carboxylic acids is 1. The lowest BCUT2D eigenvalue weighted by molar-refractivity contribution is 0.101. The molecule has 0 unspecified atom stereocenters. The molecule has 1 heterocycles. The van der Waals surface area contributed by atoms with Crippen LogP contribution in [0.25, 0.3) is 10.8 Å². The first-order valence-electron chi connectivity index (χ1n) is 7.02. The molecule has 4 nitrogen and oxygen atoms in total. The van der Waals surface area contributed by atoms with Gasteiger partial charge in [0.2, 0.25) is 0 Å². The van der Waals surface area contributed by atoms with E-state index in [1.165, 1.54) is 0 Å². The number of carbonyl (C=O) groups is 1. The Morgan fingerprint density at radius 2 is 1.95 bits per heavy atom. The zero-order valence-electron chi connectivity index (χ0n) is 12.1. The van der Waals surface area contributed by atoms with E-state index in [0.29, 0.717) is 12.2 Å². The number of nitrogens with zero attached hydrogens (tertiary/aromatic N) is 2. The molecule has 4 heteroatoms. The predicted molar refractivity (Wildman–Crippen MR) is 84.5 cm³/mol. The first kappa shape index (κ1) is 13.4. The largest absolute Gasteiger partial charge is 0.320 e. The molecule has 0 saturated carbocycles. The standard InChI is InChI=1S/C17H17N3O/c1-3-20-16(11-12(2)19-20)17(21)18-15-10-6-8-13-7-4-5-9-14(13)15/h4-11H,3H2,1-2H3,(H,18,21). The van der Waals surface area contributed by atoms with E-state index >= 15 is 0 Å². The lowest BCUT2D eigenvalue weighted by Crippen LogP contribution is -2.17. The van der Waals surface area contributed by atoms with Crippen LogP contribution in [0.2, 0.25) is 0 Å². The number of aryl methyl sites for hydroxylation is 2. The minimum Gasteiger partial charge on any atom is -0.320 e. The Morgan fingerprint density at radius 3 is 2.76 bits per heavy atom. The van der Waals surface area contributed by atoms with Crippen molar-refractivity contribution in [3.05, 3.63) is 59.9 Å². The van der Waals surface area contributed by atoms with E-state index in [2.05, 4.69) is 10.4 Å². The third-order valence-corrected chi connectivity index (χ3v) is 3.47. The summed E-state index contributed by atoms with van der Waals surface area (Å²) in [5, 5.41) is 9.44. The SMILES string of the molecule is CCn1nc(C)cc1C(=O)Nc1cccc2ccccc12. The molecule has 3 rings (SSSR count). The number of benzene rings is 2. The summed E-state index contributed by atoms with van der Waals surface area (Å²) in [4.78, 5) is 12.5. The molecule has 0 aliphatic rings. The van der Waals surface area contributed by atoms with Gasteiger partial charge < -0.3 is 5.32 Å². The summed E-state index contributed by atoms with van der Waals surface area (Å²) in [5.74, 6) is -0.131. The molecule has 0 radical (unpaired) electrons. The van der Waals surface area contributed by atoms with Gasteiger partial charge in [0.1, 0.15) is 5.69 Å². The van der Waals surface area contributed by atoms with Crippen LogP contribution in [0.5, 0.6) is 0 Å². The summed E-state index contributed by atoms with van der Waals surface area (Å²) in [6, 6.07) is 15.7. The molecule has 21 heavy (non-hydrogen) atoms. The highest BCUT2D eigenvalue weighted by molar-refractivity contribution is 6.08. The third kappa shape index (κ3) is 2.52. The predicted octanol–water partition coefficient (Wildman–Crippen LogP) is 3.62. The van der Waals surface area contributed by atoms with Crippen molar-refractivity contribution in [2.45, 2.75) is 20.4 Å². The van der Waals surface area contributed by atoms with Crippen molar-refractivity contribution in [3.8, 4) is 0 Å². The fourth-order valence-corrected chi connectivity index (χ4v) is 2.49. The second-order valence-corrected chi connectivity index (χ2v) is 4.97. The zero-order valence-corrected chi connectivity index (χ0v) is 12.1. The maximum absolute atomic E-state index is 12.5. The van der Waals surface area contributed by atoms with Gasteiger partial charge in [-0.1, -0.05) is 36.4 Å². The van der Waals surface area contributed by atoms with Crippen molar-refractivity contribution >= 4 is 22.4 Å². The van der Waals surface area contributed by atoms with E-state index in [1.807, 2.05) is 62.4 Å². The summed E-state index contributed by atoms with van der Waals surface area (Å²) in [6.45, 7) is 4.54. The van der Waals surface area contributed by atoms with Gasteiger partial charge in [-0.25, -0.2) is 0 Å². The quantitative estimate of drug-likeness (QED) is 0.796. The molecular formula is C17H17N3O. The molecule has 0 fully saturated rings. The second-order valence-electron chi connectivity index (χ2n) is 4.97. The monoisotopic (exact) mass is 279 g/mol. The number of hydrogen-bond acceptors (Lipinski definition) is 2. The van der Waals surface area contributed by atoms with Crippen LogP contribution in [0, 0.1) is 6.92 Å². The Kier molecular flexibility index (Phi) is 3.44. The van der Waals surface area contributed by atoms with Gasteiger partial charge in [-0.3, -0.25) is 9.48 Å². The molecule has 0 spiro atoms. The van der Waals surface area contributed by atoms with Crippen molar-refractivity contribution in [1.82, 2.24) is 9.78 Å². The summed E-state index contributed by atoms with van der Waals surface area (Å²) in [5.41, 5.74) is 2.25. The molecule has 1 N–H and O–H groups in total.